The van der Waals surface area contributed by atoms with Gasteiger partial charge in [0.25, 0.3) is 0 Å². The van der Waals surface area contributed by atoms with Crippen molar-refractivity contribution in [2.45, 2.75) is 6.04 Å². The van der Waals surface area contributed by atoms with Gasteiger partial charge in [0.1, 0.15) is 0 Å². The second kappa shape index (κ2) is 5.96. The molecular weight excluding hydrogens is 240 g/mol. The van der Waals surface area contributed by atoms with Gasteiger partial charge in [0.05, 0.1) is 0 Å². The van der Waals surface area contributed by atoms with E-state index in [-0.39, 0.29) is 6.04 Å². The van der Waals surface area contributed by atoms with Gasteiger partial charge in [-0.25, -0.2) is 0 Å². The van der Waals surface area contributed by atoms with E-state index in [1.165, 1.54) is 5.56 Å². The highest BCUT2D eigenvalue weighted by atomic mass is 79.9. The van der Waals surface area contributed by atoms with Crippen LogP contribution in [0.3, 0.4) is 0 Å². The van der Waals surface area contributed by atoms with Crippen LogP contribution in [0.2, 0.25) is 0 Å². The van der Waals surface area contributed by atoms with Crippen LogP contribution < -0.4 is 11.1 Å². The molecule has 0 fully saturated rings. The van der Waals surface area contributed by atoms with E-state index in [0.717, 1.165) is 11.0 Å². The Hall–Kier alpha value is -0.640. The summed E-state index contributed by atoms with van der Waals surface area (Å²) in [5.74, 6) is 0. The monoisotopic (exact) mass is 254 g/mol. The van der Waals surface area contributed by atoms with Gasteiger partial charge in [0.2, 0.25) is 0 Å². The van der Waals surface area contributed by atoms with Crippen molar-refractivity contribution in [1.82, 2.24) is 5.32 Å². The zero-order valence-electron chi connectivity index (χ0n) is 8.04. The van der Waals surface area contributed by atoms with Gasteiger partial charge in [0.15, 0.2) is 0 Å². The first-order chi connectivity index (χ1) is 6.77. The molecule has 0 spiro atoms. The number of hydrogen-bond donors (Lipinski definition) is 2. The zero-order chi connectivity index (χ0) is 10.4. The third kappa shape index (κ3) is 3.25. The number of nitrogens with two attached hydrogens (primary N) is 1. The molecule has 3 N–H and O–H groups in total. The van der Waals surface area contributed by atoms with Gasteiger partial charge in [-0.15, -0.1) is 6.58 Å². The van der Waals surface area contributed by atoms with Gasteiger partial charge in [-0.1, -0.05) is 34.1 Å². The SMILES string of the molecule is C=CCNC(CN)c1cccc(Br)c1. The minimum absolute atomic E-state index is 0.200. The van der Waals surface area contributed by atoms with Crippen molar-refractivity contribution in [2.75, 3.05) is 13.1 Å². The van der Waals surface area contributed by atoms with Crippen LogP contribution in [0, 0.1) is 0 Å². The Labute approximate surface area is 93.3 Å². The highest BCUT2D eigenvalue weighted by molar-refractivity contribution is 9.10. The fourth-order valence-electron chi connectivity index (χ4n) is 1.29. The van der Waals surface area contributed by atoms with E-state index >= 15 is 0 Å². The molecule has 14 heavy (non-hydrogen) atoms. The molecule has 1 aromatic carbocycles. The van der Waals surface area contributed by atoms with Crippen molar-refractivity contribution in [2.24, 2.45) is 5.73 Å². The predicted octanol–water partition coefficient (Wildman–Crippen LogP) is 2.22. The number of hydrogen-bond acceptors (Lipinski definition) is 2. The van der Waals surface area contributed by atoms with Gasteiger partial charge in [0, 0.05) is 23.6 Å². The molecule has 0 aliphatic rings. The number of halogens is 1. The molecule has 3 heteroatoms. The van der Waals surface area contributed by atoms with Crippen molar-refractivity contribution in [3.05, 3.63) is 47.0 Å². The van der Waals surface area contributed by atoms with Crippen molar-refractivity contribution in [3.63, 3.8) is 0 Å². The van der Waals surface area contributed by atoms with Gasteiger partial charge in [-0.2, -0.15) is 0 Å². The average Bonchev–Trinajstić information content (AvgIpc) is 2.19. The Kier molecular flexibility index (Phi) is 4.87. The minimum atomic E-state index is 0.200. The van der Waals surface area contributed by atoms with Crippen LogP contribution in [-0.4, -0.2) is 13.1 Å². The molecule has 2 nitrogen and oxygen atoms in total. The van der Waals surface area contributed by atoms with Crippen molar-refractivity contribution in [3.8, 4) is 0 Å². The lowest BCUT2D eigenvalue weighted by atomic mass is 10.1. The number of benzene rings is 1. The third-order valence-corrected chi connectivity index (χ3v) is 2.49. The summed E-state index contributed by atoms with van der Waals surface area (Å²) in [4.78, 5) is 0. The van der Waals surface area contributed by atoms with Crippen LogP contribution in [0.5, 0.6) is 0 Å². The molecule has 1 rings (SSSR count). The fraction of sp³-hybridized carbons (Fsp3) is 0.273. The van der Waals surface area contributed by atoms with E-state index in [2.05, 4.69) is 40.0 Å². The lowest BCUT2D eigenvalue weighted by Crippen LogP contribution is -2.28. The van der Waals surface area contributed by atoms with E-state index in [4.69, 9.17) is 5.73 Å². The topological polar surface area (TPSA) is 38.0 Å². The minimum Gasteiger partial charge on any atom is -0.329 e. The molecule has 1 atom stereocenters. The summed E-state index contributed by atoms with van der Waals surface area (Å²) < 4.78 is 1.08. The molecule has 0 saturated heterocycles. The predicted molar refractivity (Wildman–Crippen MR) is 64.1 cm³/mol. The van der Waals surface area contributed by atoms with E-state index in [0.29, 0.717) is 6.54 Å². The van der Waals surface area contributed by atoms with Gasteiger partial charge >= 0.3 is 0 Å². The molecule has 0 aliphatic carbocycles. The Balaban J connectivity index is 2.72. The van der Waals surface area contributed by atoms with Crippen molar-refractivity contribution >= 4 is 15.9 Å². The summed E-state index contributed by atoms with van der Waals surface area (Å²) in [6, 6.07) is 8.36. The molecule has 0 saturated carbocycles. The molecule has 0 heterocycles. The summed E-state index contributed by atoms with van der Waals surface area (Å²) in [7, 11) is 0. The van der Waals surface area contributed by atoms with Crippen LogP contribution in [0.1, 0.15) is 11.6 Å². The second-order valence-electron chi connectivity index (χ2n) is 3.04. The van der Waals surface area contributed by atoms with Crippen LogP contribution >= 0.6 is 15.9 Å². The average molecular weight is 255 g/mol. The van der Waals surface area contributed by atoms with Crippen LogP contribution in [0.15, 0.2) is 41.4 Å². The molecule has 1 unspecified atom stereocenters. The maximum atomic E-state index is 5.68. The second-order valence-corrected chi connectivity index (χ2v) is 3.96. The van der Waals surface area contributed by atoms with Crippen LogP contribution in [0.4, 0.5) is 0 Å². The first-order valence-electron chi connectivity index (χ1n) is 4.57. The summed E-state index contributed by atoms with van der Waals surface area (Å²) in [6.07, 6.45) is 1.83. The zero-order valence-corrected chi connectivity index (χ0v) is 9.63. The van der Waals surface area contributed by atoms with E-state index in [1.54, 1.807) is 0 Å². The molecular formula is C11H15BrN2. The quantitative estimate of drug-likeness (QED) is 0.792. The standard InChI is InChI=1S/C11H15BrN2/c1-2-6-14-11(8-13)9-4-3-5-10(12)7-9/h2-5,7,11,14H,1,6,8,13H2. The summed E-state index contributed by atoms with van der Waals surface area (Å²) in [5.41, 5.74) is 6.88. The normalized spacial score (nSPS) is 12.4. The maximum absolute atomic E-state index is 5.68. The van der Waals surface area contributed by atoms with Gasteiger partial charge in [-0.05, 0) is 17.7 Å². The van der Waals surface area contributed by atoms with E-state index < -0.39 is 0 Å². The third-order valence-electron chi connectivity index (χ3n) is 2.00. The summed E-state index contributed by atoms with van der Waals surface area (Å²) in [5, 5.41) is 3.30. The molecule has 0 aromatic heterocycles. The first-order valence-corrected chi connectivity index (χ1v) is 5.37. The molecule has 0 amide bonds. The van der Waals surface area contributed by atoms with E-state index in [9.17, 15) is 0 Å². The fourth-order valence-corrected chi connectivity index (χ4v) is 1.70. The molecule has 0 radical (unpaired) electrons. The van der Waals surface area contributed by atoms with Crippen molar-refractivity contribution < 1.29 is 0 Å². The molecule has 0 bridgehead atoms. The molecule has 0 aliphatic heterocycles. The van der Waals surface area contributed by atoms with Crippen LogP contribution in [0.25, 0.3) is 0 Å². The Morgan fingerprint density at radius 2 is 2.36 bits per heavy atom. The van der Waals surface area contributed by atoms with Gasteiger partial charge < -0.3 is 11.1 Å². The Bertz CT molecular complexity index is 299. The lowest BCUT2D eigenvalue weighted by molar-refractivity contribution is 0.577. The highest BCUT2D eigenvalue weighted by Gasteiger charge is 2.07. The van der Waals surface area contributed by atoms with E-state index in [1.807, 2.05) is 18.2 Å². The maximum Gasteiger partial charge on any atom is 0.0447 e. The lowest BCUT2D eigenvalue weighted by Gasteiger charge is -2.16. The number of nitrogens with one attached hydrogen (secondary N) is 1. The molecule has 1 aromatic rings. The van der Waals surface area contributed by atoms with Crippen LogP contribution in [-0.2, 0) is 0 Å². The Morgan fingerprint density at radius 1 is 1.57 bits per heavy atom. The largest absolute Gasteiger partial charge is 0.329 e. The Morgan fingerprint density at radius 3 is 2.93 bits per heavy atom. The summed E-state index contributed by atoms with van der Waals surface area (Å²) in [6.45, 7) is 5.03. The molecule has 76 valence electrons. The first kappa shape index (κ1) is 11.4. The smallest absolute Gasteiger partial charge is 0.0447 e. The number of rotatable bonds is 5. The van der Waals surface area contributed by atoms with Crippen molar-refractivity contribution in [1.29, 1.82) is 0 Å². The summed E-state index contributed by atoms with van der Waals surface area (Å²) >= 11 is 3.44. The highest BCUT2D eigenvalue weighted by Crippen LogP contribution is 2.17. The van der Waals surface area contributed by atoms with Gasteiger partial charge in [-0.3, -0.25) is 0 Å².